The first-order valence-electron chi connectivity index (χ1n) is 8.58. The molecule has 4 rings (SSSR count). The summed E-state index contributed by atoms with van der Waals surface area (Å²) in [6.07, 6.45) is 0. The molecule has 1 heterocycles. The molecule has 0 aliphatic heterocycles. The van der Waals surface area contributed by atoms with Gasteiger partial charge in [-0.05, 0) is 36.4 Å². The highest BCUT2D eigenvalue weighted by atomic mass is 32.1. The summed E-state index contributed by atoms with van der Waals surface area (Å²) < 4.78 is 61.2. The van der Waals surface area contributed by atoms with E-state index < -0.39 is 40.5 Å². The zero-order valence-electron chi connectivity index (χ0n) is 15.3. The SMILES string of the molecule is COc1c(F)c(F)c(C(=O)Nc2ccc(-c3nc4ccccc4s3)cc2)c(F)c1F. The van der Waals surface area contributed by atoms with E-state index in [1.54, 1.807) is 12.1 Å². The van der Waals surface area contributed by atoms with Crippen molar-refractivity contribution in [3.8, 4) is 16.3 Å². The third kappa shape index (κ3) is 3.37. The van der Waals surface area contributed by atoms with Crippen molar-refractivity contribution in [2.45, 2.75) is 0 Å². The molecule has 1 aromatic heterocycles. The van der Waals surface area contributed by atoms with E-state index in [-0.39, 0.29) is 5.69 Å². The van der Waals surface area contributed by atoms with Gasteiger partial charge in [0, 0.05) is 11.3 Å². The lowest BCUT2D eigenvalue weighted by Crippen LogP contribution is -2.18. The Morgan fingerprint density at radius 2 is 1.57 bits per heavy atom. The van der Waals surface area contributed by atoms with E-state index >= 15 is 0 Å². The highest BCUT2D eigenvalue weighted by Gasteiger charge is 2.30. The maximum atomic E-state index is 14.1. The first-order valence-corrected chi connectivity index (χ1v) is 9.39. The van der Waals surface area contributed by atoms with Crippen LogP contribution < -0.4 is 10.1 Å². The minimum atomic E-state index is -1.84. The first-order chi connectivity index (χ1) is 14.4. The number of ether oxygens (including phenoxy) is 1. The van der Waals surface area contributed by atoms with Crippen molar-refractivity contribution in [3.05, 3.63) is 77.4 Å². The summed E-state index contributed by atoms with van der Waals surface area (Å²) in [5.41, 5.74) is 0.429. The quantitative estimate of drug-likeness (QED) is 0.329. The molecular formula is C21H12F4N2O2S. The molecule has 0 radical (unpaired) electrons. The van der Waals surface area contributed by atoms with E-state index in [0.29, 0.717) is 0 Å². The molecule has 152 valence electrons. The molecule has 9 heteroatoms. The van der Waals surface area contributed by atoms with Crippen LogP contribution in [0.15, 0.2) is 48.5 Å². The van der Waals surface area contributed by atoms with Gasteiger partial charge in [0.1, 0.15) is 10.6 Å². The van der Waals surface area contributed by atoms with Crippen LogP contribution in [0.2, 0.25) is 0 Å². The molecule has 0 aliphatic carbocycles. The maximum absolute atomic E-state index is 14.1. The highest BCUT2D eigenvalue weighted by molar-refractivity contribution is 7.21. The van der Waals surface area contributed by atoms with Crippen molar-refractivity contribution >= 4 is 33.1 Å². The Labute approximate surface area is 171 Å². The van der Waals surface area contributed by atoms with Crippen LogP contribution >= 0.6 is 11.3 Å². The number of hydrogen-bond donors (Lipinski definition) is 1. The summed E-state index contributed by atoms with van der Waals surface area (Å²) in [6, 6.07) is 13.9. The largest absolute Gasteiger partial charge is 0.491 e. The third-order valence-corrected chi connectivity index (χ3v) is 5.42. The van der Waals surface area contributed by atoms with Crippen LogP contribution in [0.5, 0.6) is 5.75 Å². The number of benzene rings is 3. The molecule has 30 heavy (non-hydrogen) atoms. The van der Waals surface area contributed by atoms with Gasteiger partial charge >= 0.3 is 0 Å². The number of halogens is 4. The number of carbonyl (C=O) groups is 1. The predicted molar refractivity (Wildman–Crippen MR) is 106 cm³/mol. The number of methoxy groups -OCH3 is 1. The number of para-hydroxylation sites is 1. The van der Waals surface area contributed by atoms with Gasteiger partial charge in [-0.25, -0.2) is 13.8 Å². The van der Waals surface area contributed by atoms with E-state index in [4.69, 9.17) is 0 Å². The number of fused-ring (bicyclic) bond motifs is 1. The zero-order chi connectivity index (χ0) is 21.4. The molecule has 1 amide bonds. The van der Waals surface area contributed by atoms with Gasteiger partial charge in [-0.2, -0.15) is 8.78 Å². The van der Waals surface area contributed by atoms with Gasteiger partial charge in [-0.1, -0.05) is 12.1 Å². The lowest BCUT2D eigenvalue weighted by Gasteiger charge is -2.11. The van der Waals surface area contributed by atoms with Crippen LogP contribution in [0.1, 0.15) is 10.4 Å². The molecule has 1 N–H and O–H groups in total. The summed E-state index contributed by atoms with van der Waals surface area (Å²) in [7, 11) is 0.854. The smallest absolute Gasteiger partial charge is 0.261 e. The number of thiazole rings is 1. The minimum absolute atomic E-state index is 0.181. The van der Waals surface area contributed by atoms with Crippen molar-refractivity contribution in [1.29, 1.82) is 0 Å². The molecule has 0 spiro atoms. The molecule has 0 atom stereocenters. The third-order valence-electron chi connectivity index (χ3n) is 4.34. The lowest BCUT2D eigenvalue weighted by atomic mass is 10.1. The van der Waals surface area contributed by atoms with E-state index in [0.717, 1.165) is 27.9 Å². The monoisotopic (exact) mass is 432 g/mol. The average molecular weight is 432 g/mol. The van der Waals surface area contributed by atoms with Gasteiger partial charge in [0.05, 0.1) is 17.3 Å². The second-order valence-corrected chi connectivity index (χ2v) is 7.21. The number of amides is 1. The molecular weight excluding hydrogens is 420 g/mol. The maximum Gasteiger partial charge on any atom is 0.261 e. The second-order valence-electron chi connectivity index (χ2n) is 6.18. The van der Waals surface area contributed by atoms with E-state index in [2.05, 4.69) is 15.0 Å². The topological polar surface area (TPSA) is 51.2 Å². The zero-order valence-corrected chi connectivity index (χ0v) is 16.1. The number of rotatable bonds is 4. The normalized spacial score (nSPS) is 11.0. The number of nitrogens with one attached hydrogen (secondary N) is 1. The molecule has 0 unspecified atom stereocenters. The molecule has 0 aliphatic rings. The number of carbonyl (C=O) groups excluding carboxylic acids is 1. The number of anilines is 1. The van der Waals surface area contributed by atoms with Crippen LogP contribution in [0.25, 0.3) is 20.8 Å². The summed E-state index contributed by atoms with van der Waals surface area (Å²) in [4.78, 5) is 16.8. The van der Waals surface area contributed by atoms with Gasteiger partial charge in [0.25, 0.3) is 5.91 Å². The van der Waals surface area contributed by atoms with Gasteiger partial charge in [-0.15, -0.1) is 11.3 Å². The molecule has 0 saturated heterocycles. The second kappa shape index (κ2) is 7.75. The van der Waals surface area contributed by atoms with Crippen LogP contribution in [-0.2, 0) is 0 Å². The van der Waals surface area contributed by atoms with Crippen LogP contribution in [0, 0.1) is 23.3 Å². The summed E-state index contributed by atoms with van der Waals surface area (Å²) in [6.45, 7) is 0. The number of aromatic nitrogens is 1. The van der Waals surface area contributed by atoms with E-state index in [9.17, 15) is 22.4 Å². The fourth-order valence-corrected chi connectivity index (χ4v) is 3.85. The first kappa shape index (κ1) is 19.8. The fourth-order valence-electron chi connectivity index (χ4n) is 2.88. The molecule has 0 fully saturated rings. The van der Waals surface area contributed by atoms with Crippen molar-refractivity contribution in [2.75, 3.05) is 12.4 Å². The lowest BCUT2D eigenvalue weighted by molar-refractivity contribution is 0.101. The van der Waals surface area contributed by atoms with E-state index in [1.165, 1.54) is 23.5 Å². The Balaban J connectivity index is 1.60. The van der Waals surface area contributed by atoms with Gasteiger partial charge < -0.3 is 10.1 Å². The van der Waals surface area contributed by atoms with Gasteiger partial charge in [0.2, 0.25) is 11.6 Å². The number of hydrogen-bond acceptors (Lipinski definition) is 4. The van der Waals surface area contributed by atoms with Crippen molar-refractivity contribution < 1.29 is 27.1 Å². The van der Waals surface area contributed by atoms with Crippen LogP contribution in [0.4, 0.5) is 23.2 Å². The Hall–Kier alpha value is -3.46. The van der Waals surface area contributed by atoms with Crippen molar-refractivity contribution in [2.24, 2.45) is 0 Å². The summed E-state index contributed by atoms with van der Waals surface area (Å²) >= 11 is 1.48. The van der Waals surface area contributed by atoms with Crippen molar-refractivity contribution in [1.82, 2.24) is 4.98 Å². The van der Waals surface area contributed by atoms with Crippen LogP contribution in [-0.4, -0.2) is 18.0 Å². The van der Waals surface area contributed by atoms with Crippen LogP contribution in [0.3, 0.4) is 0 Å². The predicted octanol–water partition coefficient (Wildman–Crippen LogP) is 5.78. The minimum Gasteiger partial charge on any atom is -0.491 e. The Kier molecular flexibility index (Phi) is 5.13. The van der Waals surface area contributed by atoms with Crippen molar-refractivity contribution in [3.63, 3.8) is 0 Å². The molecule has 0 bridgehead atoms. The summed E-state index contributed by atoms with van der Waals surface area (Å²) in [5, 5.41) is 2.98. The number of nitrogens with zero attached hydrogens (tertiary/aromatic N) is 1. The van der Waals surface area contributed by atoms with E-state index in [1.807, 2.05) is 24.3 Å². The fraction of sp³-hybridized carbons (Fsp3) is 0.0476. The Morgan fingerprint density at radius 3 is 2.17 bits per heavy atom. The Bertz CT molecular complexity index is 1210. The molecule has 4 nitrogen and oxygen atoms in total. The standard InChI is InChI=1S/C21H12F4N2O2S/c1-29-19-17(24)15(22)14(16(23)18(19)25)20(28)26-11-8-6-10(7-9-11)21-27-12-4-2-3-5-13(12)30-21/h2-9H,1H3,(H,26,28). The molecule has 0 saturated carbocycles. The highest BCUT2D eigenvalue weighted by Crippen LogP contribution is 2.32. The molecule has 4 aromatic rings. The van der Waals surface area contributed by atoms with Gasteiger partial charge in [0.15, 0.2) is 17.4 Å². The van der Waals surface area contributed by atoms with Gasteiger partial charge in [-0.3, -0.25) is 4.79 Å². The summed E-state index contributed by atoms with van der Waals surface area (Å²) in [5.74, 6) is -9.82. The Morgan fingerprint density at radius 1 is 0.933 bits per heavy atom. The molecule has 3 aromatic carbocycles. The average Bonchev–Trinajstić information content (AvgIpc) is 3.18.